The molecule has 0 aliphatic carbocycles. The molecule has 1 aliphatic heterocycles. The van der Waals surface area contributed by atoms with Gasteiger partial charge in [-0.2, -0.15) is 0 Å². The van der Waals surface area contributed by atoms with Gasteiger partial charge in [0.1, 0.15) is 0 Å². The number of imide groups is 1. The molecule has 0 aromatic heterocycles. The monoisotopic (exact) mass is 258 g/mol. The van der Waals surface area contributed by atoms with Gasteiger partial charge >= 0.3 is 0 Å². The highest BCUT2D eigenvalue weighted by molar-refractivity contribution is 5.97. The van der Waals surface area contributed by atoms with E-state index in [1.807, 2.05) is 6.92 Å². The molecule has 2 amide bonds. The maximum absolute atomic E-state index is 11.7. The maximum Gasteiger partial charge on any atom is 0.229 e. The van der Waals surface area contributed by atoms with Gasteiger partial charge in [0, 0.05) is 33.0 Å². The summed E-state index contributed by atoms with van der Waals surface area (Å²) < 4.78 is 4.86. The van der Waals surface area contributed by atoms with Crippen LogP contribution in [0, 0.1) is 5.92 Å². The fourth-order valence-corrected chi connectivity index (χ4v) is 1.95. The summed E-state index contributed by atoms with van der Waals surface area (Å²) in [5.74, 6) is -0.261. The van der Waals surface area contributed by atoms with Gasteiger partial charge in [0.05, 0.1) is 19.3 Å². The number of ether oxygens (including phenoxy) is 1. The highest BCUT2D eigenvalue weighted by Crippen LogP contribution is 2.18. The van der Waals surface area contributed by atoms with Crippen LogP contribution in [-0.4, -0.2) is 61.3 Å². The fraction of sp³-hybridized carbons (Fsp3) is 0.833. The number of aliphatic hydroxyl groups is 1. The van der Waals surface area contributed by atoms with Crippen molar-refractivity contribution in [3.05, 3.63) is 0 Å². The minimum atomic E-state index is -0.733. The van der Waals surface area contributed by atoms with Crippen molar-refractivity contribution < 1.29 is 19.4 Å². The fourth-order valence-electron chi connectivity index (χ4n) is 1.95. The standard InChI is InChI=1S/C12H22N2O4/c1-9-5-11(16)14(12(17)6-9)8-10(15)7-13-3-4-18-2/h9-10,13,15H,3-8H2,1-2H3. The Balaban J connectivity index is 2.32. The van der Waals surface area contributed by atoms with Crippen molar-refractivity contribution in [1.29, 1.82) is 0 Å². The Kier molecular flexibility index (Phi) is 6.24. The van der Waals surface area contributed by atoms with Gasteiger partial charge < -0.3 is 15.2 Å². The molecule has 6 nitrogen and oxygen atoms in total. The summed E-state index contributed by atoms with van der Waals surface area (Å²) >= 11 is 0. The van der Waals surface area contributed by atoms with E-state index in [1.165, 1.54) is 4.90 Å². The number of methoxy groups -OCH3 is 1. The maximum atomic E-state index is 11.7. The molecule has 1 aliphatic rings. The van der Waals surface area contributed by atoms with Crippen LogP contribution in [0.2, 0.25) is 0 Å². The number of likely N-dealkylation sites (tertiary alicyclic amines) is 1. The summed E-state index contributed by atoms with van der Waals surface area (Å²) in [6, 6.07) is 0. The highest BCUT2D eigenvalue weighted by atomic mass is 16.5. The van der Waals surface area contributed by atoms with Crippen LogP contribution >= 0.6 is 0 Å². The molecule has 0 saturated carbocycles. The Morgan fingerprint density at radius 3 is 2.61 bits per heavy atom. The number of carbonyl (C=O) groups excluding carboxylic acids is 2. The SMILES string of the molecule is COCCNCC(O)CN1C(=O)CC(C)CC1=O. The molecule has 1 atom stereocenters. The Morgan fingerprint density at radius 1 is 1.44 bits per heavy atom. The first-order valence-corrected chi connectivity index (χ1v) is 6.25. The number of carbonyl (C=O) groups is 2. The summed E-state index contributed by atoms with van der Waals surface area (Å²) in [4.78, 5) is 24.5. The molecule has 0 aromatic carbocycles. The van der Waals surface area contributed by atoms with Gasteiger partial charge in [0.2, 0.25) is 11.8 Å². The molecule has 18 heavy (non-hydrogen) atoms. The highest BCUT2D eigenvalue weighted by Gasteiger charge is 2.31. The van der Waals surface area contributed by atoms with Gasteiger partial charge in [-0.25, -0.2) is 0 Å². The molecule has 0 spiro atoms. The minimum Gasteiger partial charge on any atom is -0.390 e. The molecular formula is C12H22N2O4. The number of β-amino-alcohol motifs (C(OH)–C–C–N with tert-alkyl or cyclic N) is 1. The zero-order valence-electron chi connectivity index (χ0n) is 11.0. The predicted octanol–water partition coefficient (Wildman–Crippen LogP) is -0.632. The lowest BCUT2D eigenvalue weighted by atomic mass is 9.97. The van der Waals surface area contributed by atoms with Gasteiger partial charge in [0.25, 0.3) is 0 Å². The van der Waals surface area contributed by atoms with Crippen molar-refractivity contribution in [2.24, 2.45) is 5.92 Å². The van der Waals surface area contributed by atoms with Crippen molar-refractivity contribution in [2.75, 3.05) is 33.4 Å². The number of amides is 2. The summed E-state index contributed by atoms with van der Waals surface area (Å²) in [5, 5.41) is 12.7. The average molecular weight is 258 g/mol. The normalized spacial score (nSPS) is 19.4. The number of hydrogen-bond donors (Lipinski definition) is 2. The van der Waals surface area contributed by atoms with Crippen molar-refractivity contribution in [3.63, 3.8) is 0 Å². The van der Waals surface area contributed by atoms with Crippen LogP contribution in [0.15, 0.2) is 0 Å². The third-order valence-corrected chi connectivity index (χ3v) is 2.90. The first-order valence-electron chi connectivity index (χ1n) is 6.25. The van der Waals surface area contributed by atoms with Gasteiger partial charge in [0.15, 0.2) is 0 Å². The Morgan fingerprint density at radius 2 is 2.06 bits per heavy atom. The van der Waals surface area contributed by atoms with Crippen molar-refractivity contribution in [1.82, 2.24) is 10.2 Å². The molecule has 2 N–H and O–H groups in total. The molecular weight excluding hydrogens is 236 g/mol. The van der Waals surface area contributed by atoms with Crippen LogP contribution in [0.25, 0.3) is 0 Å². The molecule has 1 heterocycles. The lowest BCUT2D eigenvalue weighted by Gasteiger charge is -2.29. The largest absolute Gasteiger partial charge is 0.390 e. The van der Waals surface area contributed by atoms with E-state index in [2.05, 4.69) is 5.32 Å². The van der Waals surface area contributed by atoms with E-state index in [0.29, 0.717) is 32.5 Å². The lowest BCUT2D eigenvalue weighted by Crippen LogP contribution is -2.48. The van der Waals surface area contributed by atoms with E-state index in [9.17, 15) is 14.7 Å². The number of nitrogens with zero attached hydrogens (tertiary/aromatic N) is 1. The number of rotatable bonds is 7. The van der Waals surface area contributed by atoms with Gasteiger partial charge in [-0.15, -0.1) is 0 Å². The number of nitrogens with one attached hydrogen (secondary N) is 1. The van der Waals surface area contributed by atoms with E-state index < -0.39 is 6.10 Å². The summed E-state index contributed by atoms with van der Waals surface area (Å²) in [5.41, 5.74) is 0. The van der Waals surface area contributed by atoms with Crippen molar-refractivity contribution >= 4 is 11.8 Å². The van der Waals surface area contributed by atoms with E-state index in [0.717, 1.165) is 0 Å². The third-order valence-electron chi connectivity index (χ3n) is 2.90. The van der Waals surface area contributed by atoms with Gasteiger partial charge in [-0.1, -0.05) is 6.92 Å². The number of aliphatic hydroxyl groups excluding tert-OH is 1. The Hall–Kier alpha value is -0.980. The Labute approximate surface area is 107 Å². The molecule has 0 radical (unpaired) electrons. The molecule has 1 rings (SSSR count). The molecule has 0 aromatic rings. The molecule has 1 fully saturated rings. The van der Waals surface area contributed by atoms with Crippen LogP contribution in [0.3, 0.4) is 0 Å². The van der Waals surface area contributed by atoms with Gasteiger partial charge in [-0.05, 0) is 5.92 Å². The minimum absolute atomic E-state index is 0.0738. The molecule has 104 valence electrons. The second kappa shape index (κ2) is 7.45. The quantitative estimate of drug-likeness (QED) is 0.469. The van der Waals surface area contributed by atoms with Crippen LogP contribution in [0.1, 0.15) is 19.8 Å². The molecule has 1 saturated heterocycles. The first kappa shape index (κ1) is 15.1. The second-order valence-electron chi connectivity index (χ2n) is 4.76. The average Bonchev–Trinajstić information content (AvgIpc) is 2.29. The van der Waals surface area contributed by atoms with Gasteiger partial charge in [-0.3, -0.25) is 14.5 Å². The van der Waals surface area contributed by atoms with Crippen molar-refractivity contribution in [2.45, 2.75) is 25.9 Å². The first-order chi connectivity index (χ1) is 8.54. The lowest BCUT2D eigenvalue weighted by molar-refractivity contribution is -0.151. The van der Waals surface area contributed by atoms with E-state index >= 15 is 0 Å². The van der Waals surface area contributed by atoms with E-state index in [-0.39, 0.29) is 24.3 Å². The molecule has 6 heteroatoms. The zero-order chi connectivity index (χ0) is 13.5. The summed E-state index contributed by atoms with van der Waals surface area (Å²) in [6.07, 6.45) is 0.0358. The second-order valence-corrected chi connectivity index (χ2v) is 4.76. The van der Waals surface area contributed by atoms with Crippen LogP contribution in [0.4, 0.5) is 0 Å². The van der Waals surface area contributed by atoms with Crippen LogP contribution < -0.4 is 5.32 Å². The third kappa shape index (κ3) is 4.72. The molecule has 1 unspecified atom stereocenters. The Bertz CT molecular complexity index is 278. The van der Waals surface area contributed by atoms with E-state index in [1.54, 1.807) is 7.11 Å². The summed E-state index contributed by atoms with van der Waals surface area (Å²) in [7, 11) is 1.60. The zero-order valence-corrected chi connectivity index (χ0v) is 11.0. The van der Waals surface area contributed by atoms with Crippen LogP contribution in [-0.2, 0) is 14.3 Å². The summed E-state index contributed by atoms with van der Waals surface area (Å²) in [6.45, 7) is 3.49. The topological polar surface area (TPSA) is 78.9 Å². The molecule has 0 bridgehead atoms. The number of piperidine rings is 1. The van der Waals surface area contributed by atoms with E-state index in [4.69, 9.17) is 4.74 Å². The van der Waals surface area contributed by atoms with Crippen molar-refractivity contribution in [3.8, 4) is 0 Å². The predicted molar refractivity (Wildman–Crippen MR) is 65.9 cm³/mol. The number of hydrogen-bond acceptors (Lipinski definition) is 5. The van der Waals surface area contributed by atoms with Crippen LogP contribution in [0.5, 0.6) is 0 Å². The smallest absolute Gasteiger partial charge is 0.229 e.